The van der Waals surface area contributed by atoms with Gasteiger partial charge in [-0.05, 0) is 43.4 Å². The SMILES string of the molecule is COc1ccc(CN2CCN(CC(=O)N[C@H](C)CCC(C)C)CC2)cc1OC. The van der Waals surface area contributed by atoms with E-state index in [2.05, 4.69) is 42.0 Å². The van der Waals surface area contributed by atoms with Gasteiger partial charge < -0.3 is 14.8 Å². The molecule has 1 heterocycles. The Hall–Kier alpha value is -1.79. The Kier molecular flexibility index (Phi) is 9.06. The van der Waals surface area contributed by atoms with Crippen LogP contribution in [0.5, 0.6) is 11.5 Å². The summed E-state index contributed by atoms with van der Waals surface area (Å²) in [5.41, 5.74) is 1.21. The summed E-state index contributed by atoms with van der Waals surface area (Å²) in [7, 11) is 3.31. The van der Waals surface area contributed by atoms with Gasteiger partial charge in [-0.2, -0.15) is 0 Å². The highest BCUT2D eigenvalue weighted by molar-refractivity contribution is 5.78. The maximum absolute atomic E-state index is 12.3. The highest BCUT2D eigenvalue weighted by Gasteiger charge is 2.20. The molecule has 1 aliphatic rings. The average molecular weight is 392 g/mol. The Balaban J connectivity index is 1.73. The number of hydrogen-bond donors (Lipinski definition) is 1. The fourth-order valence-electron chi connectivity index (χ4n) is 3.52. The fraction of sp³-hybridized carbons (Fsp3) is 0.682. The van der Waals surface area contributed by atoms with Gasteiger partial charge in [-0.15, -0.1) is 0 Å². The molecule has 0 aliphatic carbocycles. The molecule has 6 heteroatoms. The molecule has 1 saturated heterocycles. The van der Waals surface area contributed by atoms with E-state index in [1.165, 1.54) is 5.56 Å². The number of ether oxygens (including phenoxy) is 2. The second-order valence-corrected chi connectivity index (χ2v) is 8.18. The van der Waals surface area contributed by atoms with Crippen LogP contribution < -0.4 is 14.8 Å². The summed E-state index contributed by atoms with van der Waals surface area (Å²) < 4.78 is 10.7. The third-order valence-electron chi connectivity index (χ3n) is 5.27. The number of piperazine rings is 1. The molecule has 1 aromatic carbocycles. The standard InChI is InChI=1S/C22H37N3O3/c1-17(2)6-7-18(3)23-22(26)16-25-12-10-24(11-13-25)15-19-8-9-20(27-4)21(14-19)28-5/h8-9,14,17-18H,6-7,10-13,15-16H2,1-5H3,(H,23,26)/t18-/m1/s1. The average Bonchev–Trinajstić information content (AvgIpc) is 2.67. The van der Waals surface area contributed by atoms with Crippen LogP contribution in [-0.2, 0) is 11.3 Å². The number of amides is 1. The van der Waals surface area contributed by atoms with E-state index in [0.29, 0.717) is 12.5 Å². The molecule has 1 N–H and O–H groups in total. The van der Waals surface area contributed by atoms with Crippen LogP contribution in [0.1, 0.15) is 39.2 Å². The zero-order valence-electron chi connectivity index (χ0n) is 18.2. The maximum Gasteiger partial charge on any atom is 0.234 e. The molecule has 6 nitrogen and oxygen atoms in total. The Labute approximate surface area is 170 Å². The monoisotopic (exact) mass is 391 g/mol. The zero-order valence-corrected chi connectivity index (χ0v) is 18.2. The molecular formula is C22H37N3O3. The zero-order chi connectivity index (χ0) is 20.5. The van der Waals surface area contributed by atoms with Crippen LogP contribution in [-0.4, -0.2) is 68.7 Å². The molecule has 0 saturated carbocycles. The van der Waals surface area contributed by atoms with Crippen molar-refractivity contribution in [3.63, 3.8) is 0 Å². The first-order valence-electron chi connectivity index (χ1n) is 10.4. The van der Waals surface area contributed by atoms with Gasteiger partial charge in [-0.25, -0.2) is 0 Å². The number of nitrogens with zero attached hydrogens (tertiary/aromatic N) is 2. The second-order valence-electron chi connectivity index (χ2n) is 8.18. The van der Waals surface area contributed by atoms with Crippen molar-refractivity contribution in [2.24, 2.45) is 5.92 Å². The molecule has 0 bridgehead atoms. The lowest BCUT2D eigenvalue weighted by Crippen LogP contribution is -2.49. The molecule has 1 aliphatic heterocycles. The van der Waals surface area contributed by atoms with E-state index in [-0.39, 0.29) is 11.9 Å². The highest BCUT2D eigenvalue weighted by atomic mass is 16.5. The third-order valence-corrected chi connectivity index (χ3v) is 5.27. The lowest BCUT2D eigenvalue weighted by atomic mass is 10.0. The Morgan fingerprint density at radius 3 is 2.25 bits per heavy atom. The number of rotatable bonds is 10. The van der Waals surface area contributed by atoms with Gasteiger partial charge in [0.15, 0.2) is 11.5 Å². The van der Waals surface area contributed by atoms with Crippen LogP contribution in [0.3, 0.4) is 0 Å². The molecule has 0 aromatic heterocycles. The van der Waals surface area contributed by atoms with Crippen LogP contribution in [0.4, 0.5) is 0 Å². The number of carbonyl (C=O) groups excluding carboxylic acids is 1. The van der Waals surface area contributed by atoms with Crippen molar-refractivity contribution in [2.75, 3.05) is 46.9 Å². The van der Waals surface area contributed by atoms with Crippen LogP contribution in [0.2, 0.25) is 0 Å². The van der Waals surface area contributed by atoms with E-state index in [9.17, 15) is 4.79 Å². The highest BCUT2D eigenvalue weighted by Crippen LogP contribution is 2.28. The predicted molar refractivity (Wildman–Crippen MR) is 113 cm³/mol. The van der Waals surface area contributed by atoms with E-state index in [1.54, 1.807) is 14.2 Å². The van der Waals surface area contributed by atoms with E-state index in [1.807, 2.05) is 12.1 Å². The van der Waals surface area contributed by atoms with Gasteiger partial charge in [-0.3, -0.25) is 14.6 Å². The van der Waals surface area contributed by atoms with Gasteiger partial charge >= 0.3 is 0 Å². The normalized spacial score (nSPS) is 16.8. The number of carbonyl (C=O) groups is 1. The van der Waals surface area contributed by atoms with Crippen LogP contribution in [0.25, 0.3) is 0 Å². The van der Waals surface area contributed by atoms with Gasteiger partial charge in [0.2, 0.25) is 5.91 Å². The van der Waals surface area contributed by atoms with Crippen LogP contribution in [0, 0.1) is 5.92 Å². The lowest BCUT2D eigenvalue weighted by molar-refractivity contribution is -0.123. The Bertz CT molecular complexity index is 613. The number of benzene rings is 1. The molecule has 0 radical (unpaired) electrons. The fourth-order valence-corrected chi connectivity index (χ4v) is 3.52. The lowest BCUT2D eigenvalue weighted by Gasteiger charge is -2.34. The minimum absolute atomic E-state index is 0.143. The largest absolute Gasteiger partial charge is 0.493 e. The van der Waals surface area contributed by atoms with Gasteiger partial charge in [0, 0.05) is 38.8 Å². The smallest absolute Gasteiger partial charge is 0.234 e. The first-order valence-corrected chi connectivity index (χ1v) is 10.4. The van der Waals surface area contributed by atoms with Crippen LogP contribution >= 0.6 is 0 Å². The van der Waals surface area contributed by atoms with Crippen molar-refractivity contribution in [2.45, 2.75) is 46.2 Å². The van der Waals surface area contributed by atoms with Gasteiger partial charge in [0.25, 0.3) is 0 Å². The number of hydrogen-bond acceptors (Lipinski definition) is 5. The van der Waals surface area contributed by atoms with Gasteiger partial charge in [0.1, 0.15) is 0 Å². The van der Waals surface area contributed by atoms with Gasteiger partial charge in [0.05, 0.1) is 20.8 Å². The van der Waals surface area contributed by atoms with Crippen LogP contribution in [0.15, 0.2) is 18.2 Å². The van der Waals surface area contributed by atoms with Crippen molar-refractivity contribution >= 4 is 5.91 Å². The maximum atomic E-state index is 12.3. The molecule has 158 valence electrons. The molecule has 0 unspecified atom stereocenters. The summed E-state index contributed by atoms with van der Waals surface area (Å²) in [6, 6.07) is 6.33. The first kappa shape index (κ1) is 22.5. The van der Waals surface area contributed by atoms with Crippen molar-refractivity contribution in [1.82, 2.24) is 15.1 Å². The summed E-state index contributed by atoms with van der Waals surface area (Å²) in [5, 5.41) is 3.14. The minimum atomic E-state index is 0.143. The molecule has 1 aromatic rings. The Morgan fingerprint density at radius 1 is 1.00 bits per heavy atom. The van der Waals surface area contributed by atoms with E-state index < -0.39 is 0 Å². The predicted octanol–water partition coefficient (Wildman–Crippen LogP) is 2.76. The van der Waals surface area contributed by atoms with Crippen molar-refractivity contribution in [3.8, 4) is 11.5 Å². The Morgan fingerprint density at radius 2 is 1.64 bits per heavy atom. The summed E-state index contributed by atoms with van der Waals surface area (Å²) in [4.78, 5) is 16.9. The van der Waals surface area contributed by atoms with E-state index >= 15 is 0 Å². The first-order chi connectivity index (χ1) is 13.4. The van der Waals surface area contributed by atoms with E-state index in [4.69, 9.17) is 9.47 Å². The molecule has 2 rings (SSSR count). The summed E-state index contributed by atoms with van der Waals surface area (Å²) in [6.45, 7) is 11.7. The van der Waals surface area contributed by atoms with Crippen molar-refractivity contribution in [1.29, 1.82) is 0 Å². The van der Waals surface area contributed by atoms with Gasteiger partial charge in [-0.1, -0.05) is 19.9 Å². The summed E-state index contributed by atoms with van der Waals surface area (Å²) in [5.74, 6) is 2.34. The third kappa shape index (κ3) is 7.32. The molecule has 1 atom stereocenters. The minimum Gasteiger partial charge on any atom is -0.493 e. The summed E-state index contributed by atoms with van der Waals surface area (Å²) in [6.07, 6.45) is 2.19. The topological polar surface area (TPSA) is 54.0 Å². The molecular weight excluding hydrogens is 354 g/mol. The van der Waals surface area contributed by atoms with Crippen molar-refractivity contribution < 1.29 is 14.3 Å². The summed E-state index contributed by atoms with van der Waals surface area (Å²) >= 11 is 0. The van der Waals surface area contributed by atoms with Crippen molar-refractivity contribution in [3.05, 3.63) is 23.8 Å². The quantitative estimate of drug-likeness (QED) is 0.665. The van der Waals surface area contributed by atoms with E-state index in [0.717, 1.165) is 57.1 Å². The molecule has 0 spiro atoms. The second kappa shape index (κ2) is 11.3. The molecule has 28 heavy (non-hydrogen) atoms. The number of nitrogens with one attached hydrogen (secondary N) is 1. The molecule has 1 fully saturated rings. The molecule has 1 amide bonds. The number of methoxy groups -OCH3 is 2.